The van der Waals surface area contributed by atoms with Crippen LogP contribution in [0.1, 0.15) is 22.3 Å². The summed E-state index contributed by atoms with van der Waals surface area (Å²) in [6.45, 7) is 0. The highest BCUT2D eigenvalue weighted by atomic mass is 14.9. The number of benzene rings is 7. The van der Waals surface area contributed by atoms with Crippen molar-refractivity contribution in [3.8, 4) is 22.3 Å². The van der Waals surface area contributed by atoms with Gasteiger partial charge in [0.05, 0.1) is 5.41 Å². The summed E-state index contributed by atoms with van der Waals surface area (Å²) in [7, 11) is 0. The van der Waals surface area contributed by atoms with Crippen molar-refractivity contribution in [3.05, 3.63) is 192 Å². The Morgan fingerprint density at radius 2 is 1.00 bits per heavy atom. The molecule has 0 radical (unpaired) electrons. The van der Waals surface area contributed by atoms with Gasteiger partial charge in [0.15, 0.2) is 0 Å². The summed E-state index contributed by atoms with van der Waals surface area (Å²) in [6, 6.07) is 61.5. The third kappa shape index (κ3) is 3.78. The number of nitrogens with one attached hydrogen (secondary N) is 1. The Kier molecular flexibility index (Phi) is 5.75. The summed E-state index contributed by atoms with van der Waals surface area (Å²) >= 11 is 0. The molecule has 1 heteroatoms. The largest absolute Gasteiger partial charge is 0.355 e. The third-order valence-electron chi connectivity index (χ3n) is 8.73. The summed E-state index contributed by atoms with van der Waals surface area (Å²) < 4.78 is 0. The van der Waals surface area contributed by atoms with Crippen LogP contribution in [0.3, 0.4) is 0 Å². The maximum Gasteiger partial charge on any atom is 0.0714 e. The fourth-order valence-corrected chi connectivity index (χ4v) is 6.87. The molecule has 42 heavy (non-hydrogen) atoms. The molecule has 0 unspecified atom stereocenters. The Labute approximate surface area is 246 Å². The van der Waals surface area contributed by atoms with Crippen LogP contribution in [-0.4, -0.2) is 0 Å². The Morgan fingerprint density at radius 3 is 1.74 bits per heavy atom. The van der Waals surface area contributed by atoms with E-state index in [0.29, 0.717) is 0 Å². The molecule has 0 saturated carbocycles. The number of rotatable bonds is 5. The molecule has 0 atom stereocenters. The zero-order chi connectivity index (χ0) is 27.9. The molecule has 1 aliphatic carbocycles. The first kappa shape index (κ1) is 24.4. The molecular weight excluding hydrogens is 506 g/mol. The normalized spacial score (nSPS) is 13.0. The average molecular weight is 536 g/mol. The van der Waals surface area contributed by atoms with Crippen molar-refractivity contribution >= 4 is 22.1 Å². The van der Waals surface area contributed by atoms with Crippen molar-refractivity contribution in [2.24, 2.45) is 0 Å². The molecule has 8 rings (SSSR count). The molecule has 0 amide bonds. The quantitative estimate of drug-likeness (QED) is 0.231. The molecule has 0 aliphatic heterocycles. The zero-order valence-corrected chi connectivity index (χ0v) is 23.2. The van der Waals surface area contributed by atoms with E-state index in [9.17, 15) is 0 Å². The van der Waals surface area contributed by atoms with E-state index in [4.69, 9.17) is 0 Å². The van der Waals surface area contributed by atoms with Crippen LogP contribution in [0.4, 0.5) is 11.4 Å². The molecule has 0 heterocycles. The van der Waals surface area contributed by atoms with E-state index in [0.717, 1.165) is 11.4 Å². The monoisotopic (exact) mass is 535 g/mol. The summed E-state index contributed by atoms with van der Waals surface area (Å²) in [5, 5.41) is 6.32. The summed E-state index contributed by atoms with van der Waals surface area (Å²) in [5.41, 5.74) is 11.9. The maximum atomic E-state index is 3.79. The van der Waals surface area contributed by atoms with E-state index in [1.54, 1.807) is 0 Å². The second-order valence-electron chi connectivity index (χ2n) is 11.0. The van der Waals surface area contributed by atoms with Crippen molar-refractivity contribution in [3.63, 3.8) is 0 Å². The van der Waals surface area contributed by atoms with Gasteiger partial charge in [0.2, 0.25) is 0 Å². The summed E-state index contributed by atoms with van der Waals surface area (Å²) in [4.78, 5) is 0. The molecule has 1 nitrogen and oxygen atoms in total. The lowest BCUT2D eigenvalue weighted by Crippen LogP contribution is -2.28. The molecule has 0 bridgehead atoms. The van der Waals surface area contributed by atoms with Crippen molar-refractivity contribution in [1.29, 1.82) is 0 Å². The van der Waals surface area contributed by atoms with Gasteiger partial charge < -0.3 is 5.32 Å². The SMILES string of the molecule is c1ccc(C2(c3ccccc3)c3ccccc3-c3c(Nc4ccc(-c5ccc6ccccc6c5)cc4)cccc32)cc1. The minimum atomic E-state index is -0.397. The fourth-order valence-electron chi connectivity index (χ4n) is 6.87. The first-order valence-electron chi connectivity index (χ1n) is 14.5. The van der Waals surface area contributed by atoms with Gasteiger partial charge in [-0.1, -0.05) is 146 Å². The highest BCUT2D eigenvalue weighted by molar-refractivity contribution is 5.94. The van der Waals surface area contributed by atoms with Crippen molar-refractivity contribution in [2.75, 3.05) is 5.32 Å². The lowest BCUT2D eigenvalue weighted by atomic mass is 9.68. The lowest BCUT2D eigenvalue weighted by Gasteiger charge is -2.33. The van der Waals surface area contributed by atoms with Gasteiger partial charge in [0.1, 0.15) is 0 Å². The van der Waals surface area contributed by atoms with Gasteiger partial charge in [0, 0.05) is 16.9 Å². The minimum absolute atomic E-state index is 0.397. The first-order chi connectivity index (χ1) is 20.8. The van der Waals surface area contributed by atoms with Crippen LogP contribution in [0, 0.1) is 0 Å². The third-order valence-corrected chi connectivity index (χ3v) is 8.73. The molecular formula is C41H29N. The number of hydrogen-bond donors (Lipinski definition) is 1. The second-order valence-corrected chi connectivity index (χ2v) is 11.0. The topological polar surface area (TPSA) is 12.0 Å². The molecule has 1 aliphatic rings. The minimum Gasteiger partial charge on any atom is -0.355 e. The van der Waals surface area contributed by atoms with Gasteiger partial charge in [0.25, 0.3) is 0 Å². The van der Waals surface area contributed by atoms with Gasteiger partial charge in [-0.3, -0.25) is 0 Å². The number of fused-ring (bicyclic) bond motifs is 4. The van der Waals surface area contributed by atoms with Crippen LogP contribution >= 0.6 is 0 Å². The van der Waals surface area contributed by atoms with Crippen LogP contribution in [0.15, 0.2) is 170 Å². The molecule has 0 aromatic heterocycles. The average Bonchev–Trinajstić information content (AvgIpc) is 3.38. The number of hydrogen-bond acceptors (Lipinski definition) is 1. The lowest BCUT2D eigenvalue weighted by molar-refractivity contribution is 0.768. The van der Waals surface area contributed by atoms with Crippen molar-refractivity contribution in [1.82, 2.24) is 0 Å². The summed E-state index contributed by atoms with van der Waals surface area (Å²) in [5.74, 6) is 0. The van der Waals surface area contributed by atoms with Crippen LogP contribution in [0.2, 0.25) is 0 Å². The number of anilines is 2. The van der Waals surface area contributed by atoms with Gasteiger partial charge in [-0.25, -0.2) is 0 Å². The molecule has 0 spiro atoms. The molecule has 0 saturated heterocycles. The van der Waals surface area contributed by atoms with Crippen LogP contribution in [0.5, 0.6) is 0 Å². The van der Waals surface area contributed by atoms with E-state index < -0.39 is 5.41 Å². The van der Waals surface area contributed by atoms with Crippen LogP contribution < -0.4 is 5.32 Å². The zero-order valence-electron chi connectivity index (χ0n) is 23.2. The predicted octanol–water partition coefficient (Wildman–Crippen LogP) is 10.6. The van der Waals surface area contributed by atoms with Gasteiger partial charge >= 0.3 is 0 Å². The highest BCUT2D eigenvalue weighted by Crippen LogP contribution is 2.58. The molecule has 198 valence electrons. The smallest absolute Gasteiger partial charge is 0.0714 e. The molecule has 7 aromatic carbocycles. The Morgan fingerprint density at radius 1 is 0.405 bits per heavy atom. The van der Waals surface area contributed by atoms with E-state index in [1.165, 1.54) is 55.3 Å². The van der Waals surface area contributed by atoms with Crippen molar-refractivity contribution in [2.45, 2.75) is 5.41 Å². The maximum absolute atomic E-state index is 3.79. The van der Waals surface area contributed by atoms with Gasteiger partial charge in [-0.15, -0.1) is 0 Å². The van der Waals surface area contributed by atoms with Crippen LogP contribution in [-0.2, 0) is 5.41 Å². The van der Waals surface area contributed by atoms with E-state index in [1.807, 2.05) is 0 Å². The second kappa shape index (κ2) is 9.90. The van der Waals surface area contributed by atoms with Crippen molar-refractivity contribution < 1.29 is 0 Å². The van der Waals surface area contributed by atoms with E-state index in [-0.39, 0.29) is 0 Å². The molecule has 1 N–H and O–H groups in total. The molecule has 7 aromatic rings. The standard InChI is InChI=1S/C41H29N/c1-3-14-33(15-4-1)41(34-16-5-2-6-17-34)37-19-10-9-18-36(37)40-38(41)20-11-21-39(40)42-35-26-24-30(25-27-35)32-23-22-29-12-7-8-13-31(29)28-32/h1-28,42H. The highest BCUT2D eigenvalue weighted by Gasteiger charge is 2.46. The molecule has 0 fully saturated rings. The van der Waals surface area contributed by atoms with E-state index >= 15 is 0 Å². The summed E-state index contributed by atoms with van der Waals surface area (Å²) in [6.07, 6.45) is 0. The van der Waals surface area contributed by atoms with Gasteiger partial charge in [-0.2, -0.15) is 0 Å². The first-order valence-corrected chi connectivity index (χ1v) is 14.5. The van der Waals surface area contributed by atoms with Crippen LogP contribution in [0.25, 0.3) is 33.0 Å². The Bertz CT molecular complexity index is 2000. The Hall–Kier alpha value is -5.40. The predicted molar refractivity (Wildman–Crippen MR) is 176 cm³/mol. The van der Waals surface area contributed by atoms with Gasteiger partial charge in [-0.05, 0) is 74.0 Å². The Balaban J connectivity index is 1.24. The fraction of sp³-hybridized carbons (Fsp3) is 0.0244. The van der Waals surface area contributed by atoms with E-state index in [2.05, 4.69) is 175 Å².